The second kappa shape index (κ2) is 5.84. The van der Waals surface area contributed by atoms with Gasteiger partial charge in [0.1, 0.15) is 0 Å². The van der Waals surface area contributed by atoms with Crippen LogP contribution in [0.1, 0.15) is 43.7 Å². The lowest BCUT2D eigenvalue weighted by molar-refractivity contribution is -0.385. The quantitative estimate of drug-likeness (QED) is 0.677. The van der Waals surface area contributed by atoms with Gasteiger partial charge in [-0.05, 0) is 50.5 Å². The van der Waals surface area contributed by atoms with Crippen molar-refractivity contribution in [1.82, 2.24) is 0 Å². The third kappa shape index (κ3) is 3.06. The molecule has 114 valence electrons. The fraction of sp³-hybridized carbons (Fsp3) is 0.562. The monoisotopic (exact) mass is 291 g/mol. The summed E-state index contributed by atoms with van der Waals surface area (Å²) in [5.74, 6) is -0.219. The molecule has 0 heterocycles. The highest BCUT2D eigenvalue weighted by molar-refractivity contribution is 5.75. The smallest absolute Gasteiger partial charge is 0.309 e. The Balaban J connectivity index is 2.32. The van der Waals surface area contributed by atoms with E-state index in [-0.39, 0.29) is 5.69 Å². The molecule has 0 unspecified atom stereocenters. The van der Waals surface area contributed by atoms with Gasteiger partial charge in [0.05, 0.1) is 10.3 Å². The van der Waals surface area contributed by atoms with E-state index in [1.807, 2.05) is 6.07 Å². The molecule has 5 nitrogen and oxygen atoms in total. The zero-order chi connectivity index (χ0) is 15.6. The average Bonchev–Trinajstić information content (AvgIpc) is 2.43. The van der Waals surface area contributed by atoms with E-state index in [1.54, 1.807) is 13.0 Å². The second-order valence-electron chi connectivity index (χ2n) is 6.26. The Morgan fingerprint density at radius 1 is 1.43 bits per heavy atom. The van der Waals surface area contributed by atoms with E-state index < -0.39 is 16.3 Å². The van der Waals surface area contributed by atoms with E-state index in [1.165, 1.54) is 6.07 Å². The molecule has 2 rings (SSSR count). The van der Waals surface area contributed by atoms with Crippen LogP contribution >= 0.6 is 0 Å². The third-order valence-electron chi connectivity index (χ3n) is 4.83. The highest BCUT2D eigenvalue weighted by Gasteiger charge is 2.41. The molecule has 0 aromatic heterocycles. The van der Waals surface area contributed by atoms with Crippen molar-refractivity contribution in [2.45, 2.75) is 46.0 Å². The lowest BCUT2D eigenvalue weighted by Crippen LogP contribution is -2.37. The molecule has 0 atom stereocenters. The number of hydrogen-bond acceptors (Lipinski definition) is 3. The molecule has 1 aliphatic rings. The first-order valence-corrected chi connectivity index (χ1v) is 7.32. The van der Waals surface area contributed by atoms with Gasteiger partial charge in [-0.2, -0.15) is 0 Å². The molecule has 0 aliphatic heterocycles. The SMILES string of the molecule is Cc1c(CC2(C(=O)O)CCC(C)CC2)cccc1[N+](=O)[O-]. The lowest BCUT2D eigenvalue weighted by atomic mass is 9.67. The third-order valence-corrected chi connectivity index (χ3v) is 4.83. The minimum Gasteiger partial charge on any atom is -0.481 e. The van der Waals surface area contributed by atoms with E-state index in [0.717, 1.165) is 18.4 Å². The van der Waals surface area contributed by atoms with Gasteiger partial charge in [0.15, 0.2) is 0 Å². The van der Waals surface area contributed by atoms with Crippen molar-refractivity contribution in [3.8, 4) is 0 Å². The molecule has 21 heavy (non-hydrogen) atoms. The summed E-state index contributed by atoms with van der Waals surface area (Å²) in [6, 6.07) is 4.92. The minimum atomic E-state index is -0.777. The number of hydrogen-bond donors (Lipinski definition) is 1. The number of carbonyl (C=O) groups is 1. The van der Waals surface area contributed by atoms with E-state index in [0.29, 0.717) is 30.7 Å². The van der Waals surface area contributed by atoms with Crippen LogP contribution in [0.4, 0.5) is 5.69 Å². The van der Waals surface area contributed by atoms with E-state index in [4.69, 9.17) is 0 Å². The van der Waals surface area contributed by atoms with Gasteiger partial charge < -0.3 is 5.11 Å². The normalized spacial score (nSPS) is 25.5. The van der Waals surface area contributed by atoms with Gasteiger partial charge >= 0.3 is 5.97 Å². The molecular formula is C16H21NO4. The van der Waals surface area contributed by atoms with Gasteiger partial charge in [-0.1, -0.05) is 19.1 Å². The molecule has 0 amide bonds. The van der Waals surface area contributed by atoms with Crippen molar-refractivity contribution in [3.05, 3.63) is 39.4 Å². The Kier molecular flexibility index (Phi) is 4.30. The molecule has 1 N–H and O–H groups in total. The molecular weight excluding hydrogens is 270 g/mol. The highest BCUT2D eigenvalue weighted by Crippen LogP contribution is 2.42. The van der Waals surface area contributed by atoms with Crippen LogP contribution in [-0.2, 0) is 11.2 Å². The number of aliphatic carboxylic acids is 1. The van der Waals surface area contributed by atoms with E-state index in [2.05, 4.69) is 6.92 Å². The summed E-state index contributed by atoms with van der Waals surface area (Å²) in [5.41, 5.74) is 0.659. The molecule has 0 radical (unpaired) electrons. The van der Waals surface area contributed by atoms with Crippen LogP contribution in [0.15, 0.2) is 18.2 Å². The van der Waals surface area contributed by atoms with Gasteiger partial charge in [0.2, 0.25) is 0 Å². The molecule has 1 aliphatic carbocycles. The van der Waals surface area contributed by atoms with Gasteiger partial charge in [-0.3, -0.25) is 14.9 Å². The van der Waals surface area contributed by atoms with Crippen LogP contribution in [0.25, 0.3) is 0 Å². The molecule has 0 spiro atoms. The Bertz CT molecular complexity index is 559. The summed E-state index contributed by atoms with van der Waals surface area (Å²) in [6.07, 6.45) is 3.47. The van der Waals surface area contributed by atoms with Crippen molar-refractivity contribution in [2.75, 3.05) is 0 Å². The first-order valence-electron chi connectivity index (χ1n) is 7.32. The summed E-state index contributed by atoms with van der Waals surface area (Å²) in [5, 5.41) is 20.7. The fourth-order valence-corrected chi connectivity index (χ4v) is 3.20. The average molecular weight is 291 g/mol. The standard InChI is InChI=1S/C16H21NO4/c1-11-6-8-16(9-7-11,15(18)19)10-13-4-3-5-14(12(13)2)17(20)21/h3-5,11H,6-10H2,1-2H3,(H,18,19). The maximum Gasteiger partial charge on any atom is 0.309 e. The zero-order valence-electron chi connectivity index (χ0n) is 12.5. The van der Waals surface area contributed by atoms with Crippen LogP contribution in [0.3, 0.4) is 0 Å². The van der Waals surface area contributed by atoms with Crippen molar-refractivity contribution < 1.29 is 14.8 Å². The van der Waals surface area contributed by atoms with Crippen molar-refractivity contribution in [2.24, 2.45) is 11.3 Å². The minimum absolute atomic E-state index is 0.0669. The fourth-order valence-electron chi connectivity index (χ4n) is 3.20. The van der Waals surface area contributed by atoms with Crippen LogP contribution in [-0.4, -0.2) is 16.0 Å². The number of carboxylic acid groups (broad SMARTS) is 1. The van der Waals surface area contributed by atoms with Crippen molar-refractivity contribution in [1.29, 1.82) is 0 Å². The van der Waals surface area contributed by atoms with Crippen LogP contribution < -0.4 is 0 Å². The number of benzene rings is 1. The summed E-state index contributed by atoms with van der Waals surface area (Å²) in [6.45, 7) is 3.85. The molecule has 1 aromatic carbocycles. The largest absolute Gasteiger partial charge is 0.481 e. The van der Waals surface area contributed by atoms with Gasteiger partial charge in [0.25, 0.3) is 5.69 Å². The Morgan fingerprint density at radius 3 is 2.57 bits per heavy atom. The predicted octanol–water partition coefficient (Wildman–Crippen LogP) is 3.73. The topological polar surface area (TPSA) is 80.4 Å². The van der Waals surface area contributed by atoms with Crippen LogP contribution in [0.5, 0.6) is 0 Å². The van der Waals surface area contributed by atoms with Crippen LogP contribution in [0.2, 0.25) is 0 Å². The van der Waals surface area contributed by atoms with E-state index >= 15 is 0 Å². The molecule has 1 fully saturated rings. The molecule has 1 aromatic rings. The van der Waals surface area contributed by atoms with Crippen molar-refractivity contribution in [3.63, 3.8) is 0 Å². The second-order valence-corrected chi connectivity index (χ2v) is 6.26. The Morgan fingerprint density at radius 2 is 2.05 bits per heavy atom. The van der Waals surface area contributed by atoms with Crippen LogP contribution in [0, 0.1) is 28.4 Å². The van der Waals surface area contributed by atoms with E-state index in [9.17, 15) is 20.0 Å². The summed E-state index contributed by atoms with van der Waals surface area (Å²) < 4.78 is 0. The maximum absolute atomic E-state index is 11.8. The zero-order valence-corrected chi connectivity index (χ0v) is 12.5. The molecule has 1 saturated carbocycles. The van der Waals surface area contributed by atoms with Gasteiger partial charge in [0, 0.05) is 11.6 Å². The summed E-state index contributed by atoms with van der Waals surface area (Å²) >= 11 is 0. The van der Waals surface area contributed by atoms with Gasteiger partial charge in [-0.25, -0.2) is 0 Å². The Labute approximate surface area is 124 Å². The summed E-state index contributed by atoms with van der Waals surface area (Å²) in [4.78, 5) is 22.4. The highest BCUT2D eigenvalue weighted by atomic mass is 16.6. The van der Waals surface area contributed by atoms with Gasteiger partial charge in [-0.15, -0.1) is 0 Å². The number of nitro groups is 1. The summed E-state index contributed by atoms with van der Waals surface area (Å²) in [7, 11) is 0. The molecule has 0 bridgehead atoms. The number of rotatable bonds is 4. The number of nitrogens with zero attached hydrogens (tertiary/aromatic N) is 1. The van der Waals surface area contributed by atoms with Crippen molar-refractivity contribution >= 4 is 11.7 Å². The number of nitro benzene ring substituents is 1. The molecule has 0 saturated heterocycles. The Hall–Kier alpha value is -1.91. The maximum atomic E-state index is 11.8. The first kappa shape index (κ1) is 15.5. The molecule has 5 heteroatoms. The first-order chi connectivity index (χ1) is 9.85. The predicted molar refractivity (Wildman–Crippen MR) is 79.2 cm³/mol. The number of carboxylic acids is 1. The lowest BCUT2D eigenvalue weighted by Gasteiger charge is -2.36.